The molecular weight excluding hydrogens is 234 g/mol. The zero-order chi connectivity index (χ0) is 14.0. The number of rotatable bonds is 3. The minimum Gasteiger partial charge on any atom is -0.323 e. The molecule has 0 spiro atoms. The van der Waals surface area contributed by atoms with Crippen molar-refractivity contribution in [1.29, 1.82) is 0 Å². The second-order valence-corrected chi connectivity index (χ2v) is 6.02. The lowest BCUT2D eigenvalue weighted by atomic mass is 9.94. The van der Waals surface area contributed by atoms with Gasteiger partial charge in [0.05, 0.1) is 0 Å². The molecule has 0 bridgehead atoms. The Morgan fingerprint density at radius 1 is 1.05 bits per heavy atom. The molecule has 106 valence electrons. The van der Waals surface area contributed by atoms with Gasteiger partial charge in [-0.3, -0.25) is 4.90 Å². The van der Waals surface area contributed by atoms with Crippen molar-refractivity contribution in [2.24, 2.45) is 5.73 Å². The first kappa shape index (κ1) is 14.5. The molecule has 0 radical (unpaired) electrons. The van der Waals surface area contributed by atoms with Crippen molar-refractivity contribution >= 4 is 0 Å². The second kappa shape index (κ2) is 6.04. The maximum Gasteiger partial charge on any atom is 0.0429 e. The third kappa shape index (κ3) is 3.56. The average Bonchev–Trinajstić information content (AvgIpc) is 2.30. The fraction of sp³-hybridized carbons (Fsp3) is 0.625. The van der Waals surface area contributed by atoms with E-state index in [0.717, 1.165) is 32.7 Å². The lowest BCUT2D eigenvalue weighted by Gasteiger charge is -2.34. The van der Waals surface area contributed by atoms with E-state index in [0.29, 0.717) is 0 Å². The van der Waals surface area contributed by atoms with E-state index in [1.165, 1.54) is 22.3 Å². The van der Waals surface area contributed by atoms with E-state index in [4.69, 9.17) is 5.73 Å². The van der Waals surface area contributed by atoms with Crippen LogP contribution in [0.1, 0.15) is 28.3 Å². The third-order valence-corrected chi connectivity index (χ3v) is 4.16. The monoisotopic (exact) mass is 261 g/mol. The summed E-state index contributed by atoms with van der Waals surface area (Å²) in [6.07, 6.45) is 0. The van der Waals surface area contributed by atoms with Crippen LogP contribution in [0.3, 0.4) is 0 Å². The van der Waals surface area contributed by atoms with Gasteiger partial charge >= 0.3 is 0 Å². The van der Waals surface area contributed by atoms with E-state index in [-0.39, 0.29) is 6.04 Å². The van der Waals surface area contributed by atoms with Gasteiger partial charge in [0, 0.05) is 38.8 Å². The van der Waals surface area contributed by atoms with Gasteiger partial charge in [-0.1, -0.05) is 17.7 Å². The molecule has 1 aromatic rings. The van der Waals surface area contributed by atoms with Crippen LogP contribution in [-0.2, 0) is 0 Å². The van der Waals surface area contributed by atoms with Gasteiger partial charge in [-0.05, 0) is 44.5 Å². The predicted octanol–water partition coefficient (Wildman–Crippen LogP) is 1.86. The Kier molecular flexibility index (Phi) is 4.61. The molecule has 0 aliphatic carbocycles. The topological polar surface area (TPSA) is 32.5 Å². The summed E-state index contributed by atoms with van der Waals surface area (Å²) in [5, 5.41) is 0. The fourth-order valence-electron chi connectivity index (χ4n) is 3.18. The van der Waals surface area contributed by atoms with Crippen LogP contribution in [-0.4, -0.2) is 49.6 Å². The minimum atomic E-state index is 0.129. The summed E-state index contributed by atoms with van der Waals surface area (Å²) in [5.74, 6) is 0. The predicted molar refractivity (Wildman–Crippen MR) is 81.5 cm³/mol. The van der Waals surface area contributed by atoms with Crippen LogP contribution in [0.15, 0.2) is 12.1 Å². The smallest absolute Gasteiger partial charge is 0.0429 e. The molecule has 3 nitrogen and oxygen atoms in total. The number of benzene rings is 1. The van der Waals surface area contributed by atoms with Gasteiger partial charge in [0.1, 0.15) is 0 Å². The quantitative estimate of drug-likeness (QED) is 0.901. The van der Waals surface area contributed by atoms with E-state index in [2.05, 4.69) is 49.8 Å². The molecule has 1 atom stereocenters. The molecule has 1 fully saturated rings. The molecule has 1 aliphatic heterocycles. The van der Waals surface area contributed by atoms with Crippen molar-refractivity contribution in [3.63, 3.8) is 0 Å². The highest BCUT2D eigenvalue weighted by Gasteiger charge is 2.19. The van der Waals surface area contributed by atoms with Crippen molar-refractivity contribution in [3.05, 3.63) is 34.4 Å². The van der Waals surface area contributed by atoms with Crippen LogP contribution >= 0.6 is 0 Å². The van der Waals surface area contributed by atoms with Crippen LogP contribution < -0.4 is 5.73 Å². The van der Waals surface area contributed by atoms with Crippen molar-refractivity contribution in [2.75, 3.05) is 39.8 Å². The second-order valence-electron chi connectivity index (χ2n) is 6.02. The van der Waals surface area contributed by atoms with Crippen molar-refractivity contribution in [2.45, 2.75) is 26.8 Å². The lowest BCUT2D eigenvalue weighted by Crippen LogP contribution is -2.46. The van der Waals surface area contributed by atoms with E-state index in [1.54, 1.807) is 0 Å². The standard InChI is InChI=1S/C16H27N3/c1-12-9-13(2)16(14(3)10-12)15(17)11-19-7-5-18(4)6-8-19/h9-10,15H,5-8,11,17H2,1-4H3. The Bertz CT molecular complexity index is 411. The number of hydrogen-bond acceptors (Lipinski definition) is 3. The molecule has 1 heterocycles. The normalized spacial score (nSPS) is 19.6. The first-order chi connectivity index (χ1) is 8.97. The van der Waals surface area contributed by atoms with Crippen LogP contribution in [0, 0.1) is 20.8 Å². The molecule has 1 aliphatic rings. The third-order valence-electron chi connectivity index (χ3n) is 4.16. The molecule has 0 saturated carbocycles. The molecule has 3 heteroatoms. The molecule has 1 aromatic carbocycles. The number of nitrogens with two attached hydrogens (primary N) is 1. The summed E-state index contributed by atoms with van der Waals surface area (Å²) in [6, 6.07) is 4.61. The van der Waals surface area contributed by atoms with Crippen molar-refractivity contribution in [1.82, 2.24) is 9.80 Å². The molecule has 0 aromatic heterocycles. The van der Waals surface area contributed by atoms with Gasteiger partial charge in [0.15, 0.2) is 0 Å². The number of hydrogen-bond donors (Lipinski definition) is 1. The maximum atomic E-state index is 6.46. The number of aryl methyl sites for hydroxylation is 3. The summed E-state index contributed by atoms with van der Waals surface area (Å²) in [6.45, 7) is 12.0. The van der Waals surface area contributed by atoms with Gasteiger partial charge in [-0.2, -0.15) is 0 Å². The highest BCUT2D eigenvalue weighted by atomic mass is 15.2. The maximum absolute atomic E-state index is 6.46. The van der Waals surface area contributed by atoms with Gasteiger partial charge in [-0.15, -0.1) is 0 Å². The van der Waals surface area contributed by atoms with Crippen LogP contribution in [0.25, 0.3) is 0 Å². The summed E-state index contributed by atoms with van der Waals surface area (Å²) < 4.78 is 0. The SMILES string of the molecule is Cc1cc(C)c(C(N)CN2CCN(C)CC2)c(C)c1. The molecular formula is C16H27N3. The number of likely N-dealkylation sites (N-methyl/N-ethyl adjacent to an activating group) is 1. The summed E-state index contributed by atoms with van der Waals surface area (Å²) in [5.41, 5.74) is 11.8. The van der Waals surface area contributed by atoms with E-state index >= 15 is 0 Å². The van der Waals surface area contributed by atoms with E-state index in [1.807, 2.05) is 0 Å². The molecule has 1 unspecified atom stereocenters. The summed E-state index contributed by atoms with van der Waals surface area (Å²) in [4.78, 5) is 4.87. The Balaban J connectivity index is 2.06. The lowest BCUT2D eigenvalue weighted by molar-refractivity contribution is 0.147. The van der Waals surface area contributed by atoms with Crippen LogP contribution in [0.4, 0.5) is 0 Å². The molecule has 1 saturated heterocycles. The summed E-state index contributed by atoms with van der Waals surface area (Å²) in [7, 11) is 2.19. The van der Waals surface area contributed by atoms with Gasteiger partial charge in [0.2, 0.25) is 0 Å². The fourth-order valence-corrected chi connectivity index (χ4v) is 3.18. The highest BCUT2D eigenvalue weighted by Crippen LogP contribution is 2.23. The molecule has 2 rings (SSSR count). The molecule has 19 heavy (non-hydrogen) atoms. The van der Waals surface area contributed by atoms with Gasteiger partial charge in [-0.25, -0.2) is 0 Å². The van der Waals surface area contributed by atoms with Crippen LogP contribution in [0.2, 0.25) is 0 Å². The van der Waals surface area contributed by atoms with Crippen molar-refractivity contribution in [3.8, 4) is 0 Å². The minimum absolute atomic E-state index is 0.129. The van der Waals surface area contributed by atoms with E-state index in [9.17, 15) is 0 Å². The van der Waals surface area contributed by atoms with Crippen molar-refractivity contribution < 1.29 is 0 Å². The summed E-state index contributed by atoms with van der Waals surface area (Å²) >= 11 is 0. The van der Waals surface area contributed by atoms with Gasteiger partial charge in [0.25, 0.3) is 0 Å². The Labute approximate surface area is 117 Å². The molecule has 0 amide bonds. The molecule has 2 N–H and O–H groups in total. The van der Waals surface area contributed by atoms with E-state index < -0.39 is 0 Å². The Morgan fingerprint density at radius 3 is 2.11 bits per heavy atom. The number of piperazine rings is 1. The Hall–Kier alpha value is -0.900. The average molecular weight is 261 g/mol. The first-order valence-corrected chi connectivity index (χ1v) is 7.21. The first-order valence-electron chi connectivity index (χ1n) is 7.21. The zero-order valence-electron chi connectivity index (χ0n) is 12.7. The van der Waals surface area contributed by atoms with Gasteiger partial charge < -0.3 is 10.6 Å². The Morgan fingerprint density at radius 2 is 1.58 bits per heavy atom. The highest BCUT2D eigenvalue weighted by molar-refractivity contribution is 5.39. The van der Waals surface area contributed by atoms with Crippen LogP contribution in [0.5, 0.6) is 0 Å². The zero-order valence-corrected chi connectivity index (χ0v) is 12.7. The number of nitrogens with zero attached hydrogens (tertiary/aromatic N) is 2. The largest absolute Gasteiger partial charge is 0.323 e.